The van der Waals surface area contributed by atoms with E-state index in [1.807, 2.05) is 55.5 Å². The molecule has 1 saturated heterocycles. The lowest BCUT2D eigenvalue weighted by atomic mass is 9.96. The molecule has 0 radical (unpaired) electrons. The van der Waals surface area contributed by atoms with Crippen molar-refractivity contribution in [1.29, 1.82) is 0 Å². The van der Waals surface area contributed by atoms with Gasteiger partial charge in [-0.2, -0.15) is 4.31 Å². The zero-order chi connectivity index (χ0) is 23.0. The van der Waals surface area contributed by atoms with Crippen LogP contribution in [0.2, 0.25) is 0 Å². The molecule has 0 N–H and O–H groups in total. The van der Waals surface area contributed by atoms with Crippen molar-refractivity contribution in [2.75, 3.05) is 18.0 Å². The van der Waals surface area contributed by atoms with E-state index in [0.29, 0.717) is 35.3 Å². The second kappa shape index (κ2) is 8.98. The number of thiophene rings is 1. The van der Waals surface area contributed by atoms with Crippen molar-refractivity contribution in [3.05, 3.63) is 71.6 Å². The molecule has 0 spiro atoms. The Morgan fingerprint density at radius 3 is 2.45 bits per heavy atom. The average Bonchev–Trinajstić information content (AvgIpc) is 3.51. The first kappa shape index (κ1) is 22.2. The van der Waals surface area contributed by atoms with Crippen LogP contribution in [0.4, 0.5) is 10.8 Å². The summed E-state index contributed by atoms with van der Waals surface area (Å²) in [6, 6.07) is 19.0. The number of hydrogen-bond acceptors (Lipinski definition) is 6. The molecule has 2 aromatic heterocycles. The van der Waals surface area contributed by atoms with Gasteiger partial charge in [-0.15, -0.1) is 11.3 Å². The molecule has 0 aliphatic carbocycles. The van der Waals surface area contributed by atoms with Crippen molar-refractivity contribution in [2.45, 2.75) is 24.0 Å². The minimum Gasteiger partial charge on any atom is -0.274 e. The molecule has 5 rings (SSSR count). The van der Waals surface area contributed by atoms with Crippen LogP contribution >= 0.6 is 22.7 Å². The Morgan fingerprint density at radius 2 is 1.76 bits per heavy atom. The number of sulfonamides is 1. The highest BCUT2D eigenvalue weighted by atomic mass is 32.2. The molecule has 4 aromatic rings. The van der Waals surface area contributed by atoms with Gasteiger partial charge in [0.25, 0.3) is 10.0 Å². The van der Waals surface area contributed by atoms with Crippen LogP contribution in [0.1, 0.15) is 18.4 Å². The highest BCUT2D eigenvalue weighted by Gasteiger charge is 2.36. The number of anilines is 2. The largest absolute Gasteiger partial charge is 0.274 e. The lowest BCUT2D eigenvalue weighted by molar-refractivity contribution is -0.122. The van der Waals surface area contributed by atoms with E-state index in [-0.39, 0.29) is 11.8 Å². The smallest absolute Gasteiger partial charge is 0.252 e. The van der Waals surface area contributed by atoms with Gasteiger partial charge in [0.15, 0.2) is 5.13 Å². The van der Waals surface area contributed by atoms with Crippen LogP contribution in [0.3, 0.4) is 0 Å². The highest BCUT2D eigenvalue weighted by Crippen LogP contribution is 2.37. The van der Waals surface area contributed by atoms with Crippen LogP contribution in [0, 0.1) is 12.8 Å². The molecule has 0 atom stereocenters. The van der Waals surface area contributed by atoms with Crippen LogP contribution in [-0.4, -0.2) is 36.7 Å². The Balaban J connectivity index is 1.43. The second-order valence-corrected chi connectivity index (χ2v) is 12.2. The maximum absolute atomic E-state index is 13.8. The molecule has 9 heteroatoms. The number of fused-ring (bicyclic) bond motifs is 1. The van der Waals surface area contributed by atoms with Gasteiger partial charge in [-0.25, -0.2) is 13.4 Å². The zero-order valence-electron chi connectivity index (χ0n) is 18.0. The van der Waals surface area contributed by atoms with Crippen molar-refractivity contribution >= 4 is 59.6 Å². The third-order valence-electron chi connectivity index (χ3n) is 5.94. The summed E-state index contributed by atoms with van der Waals surface area (Å²) in [7, 11) is -3.50. The summed E-state index contributed by atoms with van der Waals surface area (Å²) < 4.78 is 28.6. The number of aryl methyl sites for hydroxylation is 1. The number of carbonyl (C=O) groups excluding carboxylic acids is 1. The molecule has 2 aromatic carbocycles. The third-order valence-corrected chi connectivity index (χ3v) is 10.2. The molecular formula is C24H23N3O3S3. The summed E-state index contributed by atoms with van der Waals surface area (Å²) in [5.41, 5.74) is 2.67. The number of amides is 1. The van der Waals surface area contributed by atoms with Gasteiger partial charge in [0.1, 0.15) is 4.21 Å². The Bertz CT molecular complexity index is 1360. The molecule has 33 heavy (non-hydrogen) atoms. The van der Waals surface area contributed by atoms with Crippen molar-refractivity contribution in [1.82, 2.24) is 9.29 Å². The average molecular weight is 498 g/mol. The summed E-state index contributed by atoms with van der Waals surface area (Å²) in [5, 5.41) is 2.41. The van der Waals surface area contributed by atoms with E-state index in [2.05, 4.69) is 0 Å². The fourth-order valence-corrected chi connectivity index (χ4v) is 7.75. The van der Waals surface area contributed by atoms with Gasteiger partial charge in [0, 0.05) is 19.0 Å². The van der Waals surface area contributed by atoms with Crippen molar-refractivity contribution < 1.29 is 13.2 Å². The van der Waals surface area contributed by atoms with Crippen LogP contribution in [0.25, 0.3) is 10.2 Å². The first-order chi connectivity index (χ1) is 15.9. The van der Waals surface area contributed by atoms with Gasteiger partial charge in [-0.1, -0.05) is 47.7 Å². The summed E-state index contributed by atoms with van der Waals surface area (Å²) >= 11 is 2.72. The second-order valence-electron chi connectivity index (χ2n) is 8.03. The number of carbonyl (C=O) groups is 1. The molecule has 170 valence electrons. The molecule has 1 aliphatic rings. The van der Waals surface area contributed by atoms with Crippen LogP contribution in [0.5, 0.6) is 0 Å². The van der Waals surface area contributed by atoms with Crippen molar-refractivity contribution in [3.8, 4) is 0 Å². The number of para-hydroxylation sites is 2. The van der Waals surface area contributed by atoms with E-state index in [9.17, 15) is 13.2 Å². The molecule has 1 fully saturated rings. The van der Waals surface area contributed by atoms with Gasteiger partial charge in [-0.05, 0) is 55.0 Å². The lowest BCUT2D eigenvalue weighted by Gasteiger charge is -2.33. The SMILES string of the molecule is Cc1ccccc1N(C(=O)C1CCN(S(=O)(=O)c2cccs2)CC1)c1nc2ccccc2s1. The van der Waals surface area contributed by atoms with Gasteiger partial charge in [-0.3, -0.25) is 9.69 Å². The van der Waals surface area contributed by atoms with Gasteiger partial charge < -0.3 is 0 Å². The first-order valence-corrected chi connectivity index (χ1v) is 13.9. The van der Waals surface area contributed by atoms with E-state index in [0.717, 1.165) is 21.5 Å². The van der Waals surface area contributed by atoms with E-state index >= 15 is 0 Å². The number of piperidine rings is 1. The number of hydrogen-bond donors (Lipinski definition) is 0. The number of thiazole rings is 1. The Morgan fingerprint density at radius 1 is 1.03 bits per heavy atom. The Labute approximate surface area is 201 Å². The molecule has 0 unspecified atom stereocenters. The Hall–Kier alpha value is -2.59. The van der Waals surface area contributed by atoms with E-state index in [4.69, 9.17) is 4.98 Å². The van der Waals surface area contributed by atoms with Crippen LogP contribution in [-0.2, 0) is 14.8 Å². The fourth-order valence-electron chi connectivity index (χ4n) is 4.15. The first-order valence-electron chi connectivity index (χ1n) is 10.7. The minimum atomic E-state index is -3.50. The van der Waals surface area contributed by atoms with Gasteiger partial charge in [0.2, 0.25) is 5.91 Å². The van der Waals surface area contributed by atoms with Gasteiger partial charge in [0.05, 0.1) is 15.9 Å². The van der Waals surface area contributed by atoms with Crippen LogP contribution in [0.15, 0.2) is 70.3 Å². The molecule has 0 bridgehead atoms. The summed E-state index contributed by atoms with van der Waals surface area (Å²) in [4.78, 5) is 20.3. The molecule has 3 heterocycles. The fraction of sp³-hybridized carbons (Fsp3) is 0.250. The molecule has 6 nitrogen and oxygen atoms in total. The van der Waals surface area contributed by atoms with E-state index in [1.165, 1.54) is 27.0 Å². The standard InChI is InChI=1S/C24H23N3O3S3/c1-17-7-2-4-9-20(17)27(24-25-19-8-3-5-10-21(19)32-24)23(28)18-12-14-26(15-13-18)33(29,30)22-11-6-16-31-22/h2-11,16,18H,12-15H2,1H3. The van der Waals surface area contributed by atoms with E-state index < -0.39 is 10.0 Å². The molecule has 0 saturated carbocycles. The van der Waals surface area contributed by atoms with Crippen molar-refractivity contribution in [2.24, 2.45) is 5.92 Å². The van der Waals surface area contributed by atoms with Crippen LogP contribution < -0.4 is 4.90 Å². The lowest BCUT2D eigenvalue weighted by Crippen LogP contribution is -2.43. The number of aromatic nitrogens is 1. The predicted molar refractivity (Wildman–Crippen MR) is 134 cm³/mol. The quantitative estimate of drug-likeness (QED) is 0.369. The van der Waals surface area contributed by atoms with E-state index in [1.54, 1.807) is 22.4 Å². The predicted octanol–water partition coefficient (Wildman–Crippen LogP) is 5.43. The molecule has 1 aliphatic heterocycles. The maximum Gasteiger partial charge on any atom is 0.252 e. The minimum absolute atomic E-state index is 0.0310. The summed E-state index contributed by atoms with van der Waals surface area (Å²) in [5.74, 6) is -0.303. The number of benzene rings is 2. The highest BCUT2D eigenvalue weighted by molar-refractivity contribution is 7.91. The van der Waals surface area contributed by atoms with Gasteiger partial charge >= 0.3 is 0 Å². The summed E-state index contributed by atoms with van der Waals surface area (Å²) in [6.07, 6.45) is 0.966. The normalized spacial score (nSPS) is 15.7. The molecule has 1 amide bonds. The number of rotatable bonds is 5. The third kappa shape index (κ3) is 4.21. The Kier molecular flexibility index (Phi) is 6.05. The topological polar surface area (TPSA) is 70.6 Å². The van der Waals surface area contributed by atoms with Crippen molar-refractivity contribution in [3.63, 3.8) is 0 Å². The molecular weight excluding hydrogens is 474 g/mol. The maximum atomic E-state index is 13.8. The summed E-state index contributed by atoms with van der Waals surface area (Å²) in [6.45, 7) is 2.65. The monoisotopic (exact) mass is 497 g/mol. The number of nitrogens with zero attached hydrogens (tertiary/aromatic N) is 3. The zero-order valence-corrected chi connectivity index (χ0v) is 20.5.